The highest BCUT2D eigenvalue weighted by Gasteiger charge is 2.18. The Morgan fingerprint density at radius 2 is 1.50 bits per heavy atom. The average molecular weight is 297 g/mol. The first-order valence-corrected chi connectivity index (χ1v) is 7.44. The second-order valence-corrected chi connectivity index (χ2v) is 5.34. The standard InChI is InChI=1S/C18H19NO3/c1-14-2-6-16(7-3-14)22-17-8-4-15(5-9-17)18(20)19-10-12-21-13-11-19/h2-9H,10-13H2,1H3. The van der Waals surface area contributed by atoms with Crippen LogP contribution in [0, 0.1) is 6.92 Å². The van der Waals surface area contributed by atoms with Gasteiger partial charge in [0.05, 0.1) is 13.2 Å². The summed E-state index contributed by atoms with van der Waals surface area (Å²) in [6.07, 6.45) is 0. The summed E-state index contributed by atoms with van der Waals surface area (Å²) in [4.78, 5) is 14.2. The monoisotopic (exact) mass is 297 g/mol. The Morgan fingerprint density at radius 3 is 2.09 bits per heavy atom. The van der Waals surface area contributed by atoms with E-state index < -0.39 is 0 Å². The number of nitrogens with zero attached hydrogens (tertiary/aromatic N) is 1. The summed E-state index contributed by atoms with van der Waals surface area (Å²) in [7, 11) is 0. The third-order valence-corrected chi connectivity index (χ3v) is 3.66. The number of benzene rings is 2. The molecule has 0 unspecified atom stereocenters. The Labute approximate surface area is 130 Å². The van der Waals surface area contributed by atoms with Gasteiger partial charge in [-0.25, -0.2) is 0 Å². The SMILES string of the molecule is Cc1ccc(Oc2ccc(C(=O)N3CCOCC3)cc2)cc1. The van der Waals surface area contributed by atoms with Crippen molar-refractivity contribution >= 4 is 5.91 Å². The predicted octanol–water partition coefficient (Wildman–Crippen LogP) is 3.26. The maximum Gasteiger partial charge on any atom is 0.254 e. The molecule has 0 radical (unpaired) electrons. The number of hydrogen-bond donors (Lipinski definition) is 0. The molecule has 2 aromatic carbocycles. The summed E-state index contributed by atoms with van der Waals surface area (Å²) in [5.74, 6) is 1.56. The van der Waals surface area contributed by atoms with Crippen molar-refractivity contribution in [3.63, 3.8) is 0 Å². The Hall–Kier alpha value is -2.33. The van der Waals surface area contributed by atoms with Crippen molar-refractivity contribution in [3.8, 4) is 11.5 Å². The smallest absolute Gasteiger partial charge is 0.254 e. The lowest BCUT2D eigenvalue weighted by atomic mass is 10.2. The van der Waals surface area contributed by atoms with Gasteiger partial charge in [-0.05, 0) is 43.3 Å². The van der Waals surface area contributed by atoms with Gasteiger partial charge in [-0.3, -0.25) is 4.79 Å². The maximum atomic E-state index is 12.3. The third kappa shape index (κ3) is 3.46. The van der Waals surface area contributed by atoms with Gasteiger partial charge in [0.1, 0.15) is 11.5 Å². The lowest BCUT2D eigenvalue weighted by molar-refractivity contribution is 0.0303. The fraction of sp³-hybridized carbons (Fsp3) is 0.278. The van der Waals surface area contributed by atoms with E-state index in [0.29, 0.717) is 31.9 Å². The summed E-state index contributed by atoms with van der Waals surface area (Å²) < 4.78 is 11.0. The van der Waals surface area contributed by atoms with Gasteiger partial charge in [0.15, 0.2) is 0 Å². The molecule has 0 saturated carbocycles. The molecule has 0 aliphatic carbocycles. The van der Waals surface area contributed by atoms with Crippen LogP contribution in [-0.4, -0.2) is 37.1 Å². The number of morpholine rings is 1. The molecule has 1 fully saturated rings. The van der Waals surface area contributed by atoms with Crippen molar-refractivity contribution in [3.05, 3.63) is 59.7 Å². The Balaban J connectivity index is 1.66. The molecular weight excluding hydrogens is 278 g/mol. The van der Waals surface area contributed by atoms with Gasteiger partial charge in [0, 0.05) is 18.7 Å². The van der Waals surface area contributed by atoms with Gasteiger partial charge < -0.3 is 14.4 Å². The summed E-state index contributed by atoms with van der Waals surface area (Å²) >= 11 is 0. The van der Waals surface area contributed by atoms with Crippen molar-refractivity contribution in [2.75, 3.05) is 26.3 Å². The Morgan fingerprint density at radius 1 is 0.955 bits per heavy atom. The molecule has 22 heavy (non-hydrogen) atoms. The van der Waals surface area contributed by atoms with Crippen molar-refractivity contribution in [1.29, 1.82) is 0 Å². The molecule has 114 valence electrons. The highest BCUT2D eigenvalue weighted by atomic mass is 16.5. The van der Waals surface area contributed by atoms with Crippen LogP contribution in [0.3, 0.4) is 0 Å². The fourth-order valence-corrected chi connectivity index (χ4v) is 2.36. The minimum atomic E-state index is 0.0465. The van der Waals surface area contributed by atoms with Gasteiger partial charge in [0.2, 0.25) is 0 Å². The van der Waals surface area contributed by atoms with Gasteiger partial charge in [-0.1, -0.05) is 17.7 Å². The molecule has 0 bridgehead atoms. The lowest BCUT2D eigenvalue weighted by Crippen LogP contribution is -2.40. The molecule has 4 heteroatoms. The molecule has 1 aliphatic heterocycles. The quantitative estimate of drug-likeness (QED) is 0.873. The van der Waals surface area contributed by atoms with Crippen LogP contribution in [0.5, 0.6) is 11.5 Å². The first-order valence-electron chi connectivity index (χ1n) is 7.44. The first kappa shape index (κ1) is 14.6. The zero-order chi connectivity index (χ0) is 15.4. The third-order valence-electron chi connectivity index (χ3n) is 3.66. The van der Waals surface area contributed by atoms with Crippen LogP contribution in [0.15, 0.2) is 48.5 Å². The van der Waals surface area contributed by atoms with Gasteiger partial charge in [-0.2, -0.15) is 0 Å². The van der Waals surface area contributed by atoms with Crippen LogP contribution in [-0.2, 0) is 4.74 Å². The van der Waals surface area contributed by atoms with Crippen LogP contribution in [0.4, 0.5) is 0 Å². The molecule has 4 nitrogen and oxygen atoms in total. The topological polar surface area (TPSA) is 38.8 Å². The van der Waals surface area contributed by atoms with E-state index in [-0.39, 0.29) is 5.91 Å². The maximum absolute atomic E-state index is 12.3. The Bertz CT molecular complexity index is 628. The molecule has 0 aromatic heterocycles. The van der Waals surface area contributed by atoms with Crippen LogP contribution in [0.25, 0.3) is 0 Å². The van der Waals surface area contributed by atoms with Crippen LogP contribution >= 0.6 is 0 Å². The van der Waals surface area contributed by atoms with E-state index in [1.807, 2.05) is 48.2 Å². The van der Waals surface area contributed by atoms with E-state index in [1.54, 1.807) is 12.1 Å². The van der Waals surface area contributed by atoms with Crippen LogP contribution in [0.2, 0.25) is 0 Å². The molecule has 0 spiro atoms. The van der Waals surface area contributed by atoms with Gasteiger partial charge in [-0.15, -0.1) is 0 Å². The minimum absolute atomic E-state index is 0.0465. The van der Waals surface area contributed by atoms with Crippen molar-refractivity contribution in [1.82, 2.24) is 4.90 Å². The molecule has 1 amide bonds. The molecule has 1 heterocycles. The summed E-state index contributed by atoms with van der Waals surface area (Å²) in [6, 6.07) is 15.1. The van der Waals surface area contributed by atoms with Crippen molar-refractivity contribution in [2.24, 2.45) is 0 Å². The zero-order valence-corrected chi connectivity index (χ0v) is 12.6. The number of carbonyl (C=O) groups is 1. The molecule has 1 saturated heterocycles. The van der Waals surface area contributed by atoms with E-state index in [2.05, 4.69) is 0 Å². The average Bonchev–Trinajstić information content (AvgIpc) is 2.58. The number of aryl methyl sites for hydroxylation is 1. The second kappa shape index (κ2) is 6.62. The lowest BCUT2D eigenvalue weighted by Gasteiger charge is -2.26. The minimum Gasteiger partial charge on any atom is -0.457 e. The van der Waals surface area contributed by atoms with Crippen molar-refractivity contribution < 1.29 is 14.3 Å². The zero-order valence-electron chi connectivity index (χ0n) is 12.6. The fourth-order valence-electron chi connectivity index (χ4n) is 2.36. The van der Waals surface area contributed by atoms with E-state index in [1.165, 1.54) is 5.56 Å². The molecule has 3 rings (SSSR count). The number of rotatable bonds is 3. The number of ether oxygens (including phenoxy) is 2. The number of hydrogen-bond acceptors (Lipinski definition) is 3. The first-order chi connectivity index (χ1) is 10.7. The van der Waals surface area contributed by atoms with Crippen molar-refractivity contribution in [2.45, 2.75) is 6.92 Å². The molecule has 2 aromatic rings. The Kier molecular flexibility index (Phi) is 4.39. The normalized spacial score (nSPS) is 14.7. The highest BCUT2D eigenvalue weighted by Crippen LogP contribution is 2.22. The van der Waals surface area contributed by atoms with E-state index in [0.717, 1.165) is 11.5 Å². The largest absolute Gasteiger partial charge is 0.457 e. The molecule has 1 aliphatic rings. The molecule has 0 N–H and O–H groups in total. The second-order valence-electron chi connectivity index (χ2n) is 5.34. The van der Waals surface area contributed by atoms with Gasteiger partial charge in [0.25, 0.3) is 5.91 Å². The van der Waals surface area contributed by atoms with E-state index in [4.69, 9.17) is 9.47 Å². The van der Waals surface area contributed by atoms with Gasteiger partial charge >= 0.3 is 0 Å². The summed E-state index contributed by atoms with van der Waals surface area (Å²) in [5, 5.41) is 0. The summed E-state index contributed by atoms with van der Waals surface area (Å²) in [5.41, 5.74) is 1.87. The highest BCUT2D eigenvalue weighted by molar-refractivity contribution is 5.94. The van der Waals surface area contributed by atoms with E-state index in [9.17, 15) is 4.79 Å². The van der Waals surface area contributed by atoms with Crippen LogP contribution < -0.4 is 4.74 Å². The summed E-state index contributed by atoms with van der Waals surface area (Å²) in [6.45, 7) is 4.57. The predicted molar refractivity (Wildman–Crippen MR) is 84.4 cm³/mol. The number of carbonyl (C=O) groups excluding carboxylic acids is 1. The van der Waals surface area contributed by atoms with E-state index >= 15 is 0 Å². The molecule has 0 atom stereocenters. The molecular formula is C18H19NO3. The number of amides is 1. The van der Waals surface area contributed by atoms with Crippen LogP contribution in [0.1, 0.15) is 15.9 Å².